The van der Waals surface area contributed by atoms with Crippen LogP contribution in [0.3, 0.4) is 0 Å². The Balaban J connectivity index is 1.29. The average Bonchev–Trinajstić information content (AvgIpc) is 3.48. The minimum Gasteiger partial charge on any atom is -0.495 e. The van der Waals surface area contributed by atoms with Crippen molar-refractivity contribution in [3.8, 4) is 5.75 Å². The van der Waals surface area contributed by atoms with Crippen molar-refractivity contribution < 1.29 is 19.1 Å². The van der Waals surface area contributed by atoms with Crippen molar-refractivity contribution in [3.05, 3.63) is 68.8 Å². The first kappa shape index (κ1) is 22.0. The molecular weight excluding hydrogens is 472 g/mol. The summed E-state index contributed by atoms with van der Waals surface area (Å²) in [5.41, 5.74) is 1.77. The van der Waals surface area contributed by atoms with Crippen molar-refractivity contribution in [3.63, 3.8) is 0 Å². The standard InChI is InChI=1S/C21H17ClN4O4S2/c1-29-16-5-3-2-4-14(16)24-17(27)10-18-23-13(12-32-18)11-30-19(28)7-6-15-20(22)25-21-26(15)8-9-31-21/h2-9,12H,10-11H2,1H3,(H,24,27). The van der Waals surface area contributed by atoms with E-state index in [9.17, 15) is 9.59 Å². The van der Waals surface area contributed by atoms with Crippen molar-refractivity contribution >= 4 is 62.9 Å². The predicted molar refractivity (Wildman–Crippen MR) is 124 cm³/mol. The van der Waals surface area contributed by atoms with Gasteiger partial charge in [0.05, 0.1) is 30.6 Å². The Kier molecular flexibility index (Phi) is 6.84. The first-order valence-electron chi connectivity index (χ1n) is 9.35. The van der Waals surface area contributed by atoms with Crippen LogP contribution in [0.5, 0.6) is 5.75 Å². The summed E-state index contributed by atoms with van der Waals surface area (Å²) in [6, 6.07) is 7.17. The number of hydrogen-bond donors (Lipinski definition) is 1. The molecule has 0 saturated carbocycles. The third-order valence-corrected chi connectivity index (χ3v) is 6.22. The lowest BCUT2D eigenvalue weighted by Crippen LogP contribution is -2.15. The highest BCUT2D eigenvalue weighted by Crippen LogP contribution is 2.24. The number of esters is 1. The first-order valence-corrected chi connectivity index (χ1v) is 11.5. The van der Waals surface area contributed by atoms with Crippen molar-refractivity contribution in [2.24, 2.45) is 0 Å². The Morgan fingerprint density at radius 3 is 2.94 bits per heavy atom. The summed E-state index contributed by atoms with van der Waals surface area (Å²) in [7, 11) is 1.54. The van der Waals surface area contributed by atoms with Gasteiger partial charge in [0.25, 0.3) is 0 Å². The van der Waals surface area contributed by atoms with Crippen LogP contribution in [-0.4, -0.2) is 33.4 Å². The van der Waals surface area contributed by atoms with Crippen molar-refractivity contribution in [1.82, 2.24) is 14.4 Å². The molecule has 164 valence electrons. The van der Waals surface area contributed by atoms with Crippen LogP contribution >= 0.6 is 34.3 Å². The zero-order valence-corrected chi connectivity index (χ0v) is 19.2. The summed E-state index contributed by atoms with van der Waals surface area (Å²) < 4.78 is 12.3. The second-order valence-corrected chi connectivity index (χ2v) is 8.62. The van der Waals surface area contributed by atoms with Crippen LogP contribution < -0.4 is 10.1 Å². The fourth-order valence-corrected chi connectivity index (χ4v) is 4.62. The summed E-state index contributed by atoms with van der Waals surface area (Å²) in [4.78, 5) is 33.7. The number of thiazole rings is 2. The number of benzene rings is 1. The topological polar surface area (TPSA) is 94.8 Å². The quantitative estimate of drug-likeness (QED) is 0.291. The van der Waals surface area contributed by atoms with Crippen LogP contribution in [0, 0.1) is 0 Å². The third kappa shape index (κ3) is 5.16. The van der Waals surface area contributed by atoms with Crippen LogP contribution in [0.25, 0.3) is 11.0 Å². The van der Waals surface area contributed by atoms with Crippen LogP contribution in [0.4, 0.5) is 5.69 Å². The van der Waals surface area contributed by atoms with Gasteiger partial charge in [0.2, 0.25) is 5.91 Å². The van der Waals surface area contributed by atoms with Gasteiger partial charge in [0.15, 0.2) is 10.1 Å². The number of carbonyl (C=O) groups excluding carboxylic acids is 2. The molecule has 4 aromatic rings. The number of para-hydroxylation sites is 2. The smallest absolute Gasteiger partial charge is 0.331 e. The highest BCUT2D eigenvalue weighted by Gasteiger charge is 2.12. The number of nitrogens with one attached hydrogen (secondary N) is 1. The van der Waals surface area contributed by atoms with E-state index in [1.54, 1.807) is 35.1 Å². The third-order valence-electron chi connectivity index (χ3n) is 4.29. The van der Waals surface area contributed by atoms with E-state index in [4.69, 9.17) is 21.1 Å². The summed E-state index contributed by atoms with van der Waals surface area (Å²) in [5, 5.41) is 7.37. The first-order chi connectivity index (χ1) is 15.5. The van der Waals surface area contributed by atoms with Gasteiger partial charge >= 0.3 is 5.97 Å². The second-order valence-electron chi connectivity index (χ2n) is 6.44. The van der Waals surface area contributed by atoms with Gasteiger partial charge in [-0.15, -0.1) is 22.7 Å². The average molecular weight is 489 g/mol. The van der Waals surface area contributed by atoms with E-state index in [-0.39, 0.29) is 18.9 Å². The highest BCUT2D eigenvalue weighted by molar-refractivity contribution is 7.15. The molecule has 11 heteroatoms. The summed E-state index contributed by atoms with van der Waals surface area (Å²) in [6.45, 7) is 0.00178. The molecule has 0 atom stereocenters. The molecule has 0 aliphatic rings. The molecule has 0 unspecified atom stereocenters. The van der Waals surface area contributed by atoms with Crippen LogP contribution in [-0.2, 0) is 27.4 Å². The zero-order chi connectivity index (χ0) is 22.5. The Labute approximate surface area is 196 Å². The normalized spacial score (nSPS) is 11.2. The maximum absolute atomic E-state index is 12.3. The lowest BCUT2D eigenvalue weighted by molar-refractivity contribution is -0.139. The molecule has 3 heterocycles. The number of ether oxygens (including phenoxy) is 2. The van der Waals surface area contributed by atoms with Gasteiger partial charge in [0.1, 0.15) is 17.4 Å². The Bertz CT molecular complexity index is 1290. The molecule has 4 rings (SSSR count). The number of rotatable bonds is 8. The maximum Gasteiger partial charge on any atom is 0.331 e. The van der Waals surface area contributed by atoms with Crippen LogP contribution in [0.2, 0.25) is 5.15 Å². The lowest BCUT2D eigenvalue weighted by Gasteiger charge is -2.08. The molecule has 0 aliphatic heterocycles. The highest BCUT2D eigenvalue weighted by atomic mass is 35.5. The minimum absolute atomic E-state index is 0.00178. The van der Waals surface area contributed by atoms with Crippen LogP contribution in [0.1, 0.15) is 16.4 Å². The van der Waals surface area contributed by atoms with E-state index in [2.05, 4.69) is 15.3 Å². The second kappa shape index (κ2) is 9.94. The van der Waals surface area contributed by atoms with Gasteiger partial charge in [-0.2, -0.15) is 0 Å². The van der Waals surface area contributed by atoms with Gasteiger partial charge < -0.3 is 14.8 Å². The molecule has 0 aliphatic carbocycles. The zero-order valence-electron chi connectivity index (χ0n) is 16.8. The number of imidazole rings is 1. The molecule has 8 nitrogen and oxygen atoms in total. The van der Waals surface area contributed by atoms with Gasteiger partial charge in [-0.05, 0) is 18.2 Å². The molecule has 1 amide bonds. The van der Waals surface area contributed by atoms with Gasteiger partial charge in [-0.25, -0.2) is 14.8 Å². The molecule has 3 aromatic heterocycles. The molecule has 0 bridgehead atoms. The van der Waals surface area contributed by atoms with Crippen LogP contribution in [0.15, 0.2) is 47.3 Å². The van der Waals surface area contributed by atoms with Crippen molar-refractivity contribution in [2.45, 2.75) is 13.0 Å². The molecule has 0 spiro atoms. The molecule has 0 fully saturated rings. The molecule has 1 N–H and O–H groups in total. The van der Waals surface area contributed by atoms with Gasteiger partial charge in [0, 0.05) is 23.0 Å². The largest absolute Gasteiger partial charge is 0.495 e. The molecule has 1 aromatic carbocycles. The van der Waals surface area contributed by atoms with E-state index in [0.717, 1.165) is 4.96 Å². The fourth-order valence-electron chi connectivity index (χ4n) is 2.84. The van der Waals surface area contributed by atoms with E-state index in [1.165, 1.54) is 28.7 Å². The predicted octanol–water partition coefficient (Wildman–Crippen LogP) is 4.45. The molecular formula is C21H17ClN4O4S2. The van der Waals surface area contributed by atoms with Crippen molar-refractivity contribution in [1.29, 1.82) is 0 Å². The number of hydrogen-bond acceptors (Lipinski definition) is 8. The number of halogens is 1. The number of methoxy groups -OCH3 is 1. The number of amides is 1. The van der Waals surface area contributed by atoms with E-state index >= 15 is 0 Å². The minimum atomic E-state index is -0.533. The Morgan fingerprint density at radius 1 is 1.25 bits per heavy atom. The van der Waals surface area contributed by atoms with Crippen molar-refractivity contribution in [2.75, 3.05) is 12.4 Å². The number of anilines is 1. The molecule has 0 saturated heterocycles. The van der Waals surface area contributed by atoms with E-state index in [1.807, 2.05) is 23.7 Å². The summed E-state index contributed by atoms with van der Waals surface area (Å²) in [5.74, 6) is -0.167. The van der Waals surface area contributed by atoms with Gasteiger partial charge in [-0.1, -0.05) is 23.7 Å². The molecule has 32 heavy (non-hydrogen) atoms. The summed E-state index contributed by atoms with van der Waals surface area (Å²) >= 11 is 8.87. The van der Waals surface area contributed by atoms with E-state index < -0.39 is 5.97 Å². The monoisotopic (exact) mass is 488 g/mol. The SMILES string of the molecule is COc1ccccc1NC(=O)Cc1nc(COC(=O)C=Cc2c(Cl)nc3sccn23)cs1. The number of aromatic nitrogens is 3. The molecule has 0 radical (unpaired) electrons. The maximum atomic E-state index is 12.3. The Morgan fingerprint density at radius 2 is 2.09 bits per heavy atom. The van der Waals surface area contributed by atoms with Gasteiger partial charge in [-0.3, -0.25) is 9.20 Å². The Hall–Kier alpha value is -3.21. The fraction of sp³-hybridized carbons (Fsp3) is 0.143. The lowest BCUT2D eigenvalue weighted by atomic mass is 10.3. The number of fused-ring (bicyclic) bond motifs is 1. The van der Waals surface area contributed by atoms with E-state index in [0.29, 0.717) is 33.0 Å². The number of nitrogens with zero attached hydrogens (tertiary/aromatic N) is 3. The summed E-state index contributed by atoms with van der Waals surface area (Å²) in [6.07, 6.45) is 4.78. The number of carbonyl (C=O) groups is 2.